The number of nitrogens with one attached hydrogen (secondary N) is 1. The Morgan fingerprint density at radius 2 is 2.11 bits per heavy atom. The van der Waals surface area contributed by atoms with Gasteiger partial charge in [0.25, 0.3) is 0 Å². The van der Waals surface area contributed by atoms with Gasteiger partial charge in [0, 0.05) is 43.3 Å². The maximum atomic E-state index is 13.5. The third-order valence-electron chi connectivity index (χ3n) is 5.20. The molecule has 0 radical (unpaired) electrons. The fourth-order valence-electron chi connectivity index (χ4n) is 3.73. The average molecular weight is 371 g/mol. The molecule has 0 aliphatic carbocycles. The minimum absolute atomic E-state index is 0.181. The van der Waals surface area contributed by atoms with Gasteiger partial charge in [-0.05, 0) is 43.1 Å². The van der Waals surface area contributed by atoms with E-state index in [1.54, 1.807) is 31.8 Å². The highest BCUT2D eigenvalue weighted by Gasteiger charge is 2.20. The fourth-order valence-corrected chi connectivity index (χ4v) is 3.73. The van der Waals surface area contributed by atoms with Crippen LogP contribution in [0.4, 0.5) is 10.2 Å². The SMILES string of the molecule is COc1cn[14cH]nc1N1CCN(CCCc2c[nH]c3ccc(F)cc23)CC1. The van der Waals surface area contributed by atoms with E-state index in [0.29, 0.717) is 0 Å². The van der Waals surface area contributed by atoms with Crippen molar-refractivity contribution in [2.24, 2.45) is 0 Å². The number of hydrogen-bond acceptors (Lipinski definition) is 5. The molecule has 7 heteroatoms. The monoisotopic (exact) mass is 371 g/mol. The summed E-state index contributed by atoms with van der Waals surface area (Å²) >= 11 is 0. The Kier molecular flexibility index (Phi) is 5.20. The molecule has 3 heterocycles. The topological polar surface area (TPSA) is 57.3 Å². The predicted octanol–water partition coefficient (Wildman–Crippen LogP) is 2.86. The van der Waals surface area contributed by atoms with Crippen LogP contribution in [0.1, 0.15) is 12.0 Å². The summed E-state index contributed by atoms with van der Waals surface area (Å²) in [6, 6.07) is 4.92. The number of nitrogens with zero attached hydrogens (tertiary/aromatic N) is 4. The number of fused-ring (bicyclic) bond motifs is 1. The van der Waals surface area contributed by atoms with Gasteiger partial charge in [-0.25, -0.2) is 14.4 Å². The van der Waals surface area contributed by atoms with E-state index < -0.39 is 0 Å². The van der Waals surface area contributed by atoms with Gasteiger partial charge in [0.2, 0.25) is 0 Å². The van der Waals surface area contributed by atoms with Crippen LogP contribution in [-0.4, -0.2) is 59.7 Å². The number of halogens is 1. The van der Waals surface area contributed by atoms with Crippen LogP contribution in [0.25, 0.3) is 10.9 Å². The van der Waals surface area contributed by atoms with E-state index in [9.17, 15) is 4.39 Å². The molecule has 3 aromatic rings. The summed E-state index contributed by atoms with van der Waals surface area (Å²) in [7, 11) is 1.65. The van der Waals surface area contributed by atoms with Gasteiger partial charge < -0.3 is 14.6 Å². The summed E-state index contributed by atoms with van der Waals surface area (Å²) < 4.78 is 18.9. The molecular weight excluding hydrogens is 347 g/mol. The number of aromatic nitrogens is 3. The molecule has 0 bridgehead atoms. The number of benzene rings is 1. The lowest BCUT2D eigenvalue weighted by molar-refractivity contribution is 0.253. The highest BCUT2D eigenvalue weighted by molar-refractivity contribution is 5.83. The lowest BCUT2D eigenvalue weighted by Crippen LogP contribution is -2.47. The fraction of sp³-hybridized carbons (Fsp3) is 0.400. The van der Waals surface area contributed by atoms with Gasteiger partial charge in [-0.2, -0.15) is 0 Å². The molecule has 1 saturated heterocycles. The van der Waals surface area contributed by atoms with Gasteiger partial charge in [0.05, 0.1) is 13.3 Å². The summed E-state index contributed by atoms with van der Waals surface area (Å²) in [6.07, 6.45) is 7.28. The minimum atomic E-state index is -0.181. The van der Waals surface area contributed by atoms with Gasteiger partial charge in [-0.1, -0.05) is 0 Å². The summed E-state index contributed by atoms with van der Waals surface area (Å²) in [6.45, 7) is 4.87. The lowest BCUT2D eigenvalue weighted by Gasteiger charge is -2.35. The smallest absolute Gasteiger partial charge is 0.179 e. The second-order valence-corrected chi connectivity index (χ2v) is 6.85. The number of hydrogen-bond donors (Lipinski definition) is 1. The Bertz CT molecular complexity index is 904. The van der Waals surface area contributed by atoms with E-state index in [-0.39, 0.29) is 5.82 Å². The highest BCUT2D eigenvalue weighted by atomic mass is 19.1. The summed E-state index contributed by atoms with van der Waals surface area (Å²) in [5, 5.41) is 0.996. The first-order chi connectivity index (χ1) is 13.2. The standard InChI is InChI=1S/C20H24FN5O/c1-27-19-13-22-14-24-20(19)26-9-7-25(8-10-26)6-2-3-15-12-23-18-5-4-16(21)11-17(15)18/h4-5,11-14,23H,2-3,6-10H2,1H3/i14+2. The molecule has 4 rings (SSSR count). The van der Waals surface area contributed by atoms with Gasteiger partial charge in [-0.15, -0.1) is 0 Å². The van der Waals surface area contributed by atoms with Crippen LogP contribution in [0.2, 0.25) is 0 Å². The van der Waals surface area contributed by atoms with Crippen molar-refractivity contribution in [2.45, 2.75) is 12.8 Å². The second kappa shape index (κ2) is 7.92. The van der Waals surface area contributed by atoms with E-state index in [1.807, 2.05) is 6.20 Å². The quantitative estimate of drug-likeness (QED) is 0.722. The number of anilines is 1. The van der Waals surface area contributed by atoms with Crippen LogP contribution >= 0.6 is 0 Å². The molecular formula is C20H24FN5O. The normalized spacial score (nSPS) is 15.4. The Balaban J connectivity index is 1.29. The first-order valence-corrected chi connectivity index (χ1v) is 9.31. The Labute approximate surface area is 158 Å². The van der Waals surface area contributed by atoms with Crippen LogP contribution in [0.3, 0.4) is 0 Å². The molecule has 27 heavy (non-hydrogen) atoms. The van der Waals surface area contributed by atoms with E-state index in [4.69, 9.17) is 4.74 Å². The molecule has 0 amide bonds. The van der Waals surface area contributed by atoms with Crippen molar-refractivity contribution in [3.63, 3.8) is 0 Å². The third-order valence-corrected chi connectivity index (χ3v) is 5.20. The van der Waals surface area contributed by atoms with Crippen LogP contribution in [0, 0.1) is 5.82 Å². The van der Waals surface area contributed by atoms with Gasteiger partial charge in [0.15, 0.2) is 11.6 Å². The lowest BCUT2D eigenvalue weighted by atomic mass is 10.1. The van der Waals surface area contributed by atoms with Gasteiger partial charge in [0.1, 0.15) is 12.1 Å². The van der Waals surface area contributed by atoms with E-state index in [1.165, 1.54) is 11.6 Å². The molecule has 0 unspecified atom stereocenters. The van der Waals surface area contributed by atoms with Crippen LogP contribution in [0.15, 0.2) is 36.9 Å². The number of H-pyrrole nitrogens is 1. The predicted molar refractivity (Wildman–Crippen MR) is 104 cm³/mol. The largest absolute Gasteiger partial charge is 0.491 e. The van der Waals surface area contributed by atoms with Crippen molar-refractivity contribution in [1.82, 2.24) is 19.9 Å². The first kappa shape index (κ1) is 17.7. The van der Waals surface area contributed by atoms with Crippen LogP contribution < -0.4 is 9.64 Å². The van der Waals surface area contributed by atoms with Crippen molar-refractivity contribution < 1.29 is 9.13 Å². The molecule has 1 aromatic carbocycles. The average Bonchev–Trinajstić information content (AvgIpc) is 3.10. The first-order valence-electron chi connectivity index (χ1n) is 9.31. The van der Waals surface area contributed by atoms with E-state index in [2.05, 4.69) is 24.8 Å². The van der Waals surface area contributed by atoms with Crippen LogP contribution in [0.5, 0.6) is 5.75 Å². The van der Waals surface area contributed by atoms with Gasteiger partial charge >= 0.3 is 0 Å². The number of ether oxygens (including phenoxy) is 1. The zero-order chi connectivity index (χ0) is 18.6. The molecule has 2 aromatic heterocycles. The van der Waals surface area contributed by atoms with Crippen molar-refractivity contribution >= 4 is 16.7 Å². The molecule has 1 aliphatic rings. The summed E-state index contributed by atoms with van der Waals surface area (Å²) in [5.74, 6) is 1.41. The second-order valence-electron chi connectivity index (χ2n) is 6.85. The summed E-state index contributed by atoms with van der Waals surface area (Å²) in [5.41, 5.74) is 2.19. The number of methoxy groups -OCH3 is 1. The number of aryl methyl sites for hydroxylation is 1. The van der Waals surface area contributed by atoms with Crippen molar-refractivity contribution in [1.29, 1.82) is 0 Å². The molecule has 1 fully saturated rings. The zero-order valence-corrected chi connectivity index (χ0v) is 15.5. The Morgan fingerprint density at radius 1 is 1.26 bits per heavy atom. The molecule has 1 aliphatic heterocycles. The third kappa shape index (κ3) is 3.88. The van der Waals surface area contributed by atoms with Crippen molar-refractivity contribution in [3.8, 4) is 5.75 Å². The Hall–Kier alpha value is -2.67. The molecule has 142 valence electrons. The van der Waals surface area contributed by atoms with E-state index in [0.717, 1.165) is 68.0 Å². The summed E-state index contributed by atoms with van der Waals surface area (Å²) in [4.78, 5) is 16.3. The molecule has 0 spiro atoms. The minimum Gasteiger partial charge on any atom is -0.491 e. The number of aromatic amines is 1. The molecule has 1 N–H and O–H groups in total. The molecule has 0 saturated carbocycles. The number of rotatable bonds is 6. The van der Waals surface area contributed by atoms with Gasteiger partial charge in [-0.3, -0.25) is 4.90 Å². The molecule has 6 nitrogen and oxygen atoms in total. The zero-order valence-electron chi connectivity index (χ0n) is 15.5. The maximum Gasteiger partial charge on any atom is 0.179 e. The molecule has 0 atom stereocenters. The highest BCUT2D eigenvalue weighted by Crippen LogP contribution is 2.25. The van der Waals surface area contributed by atoms with Crippen molar-refractivity contribution in [2.75, 3.05) is 44.7 Å². The number of piperazine rings is 1. The van der Waals surface area contributed by atoms with E-state index >= 15 is 0 Å². The maximum absolute atomic E-state index is 13.5. The van der Waals surface area contributed by atoms with Crippen LogP contribution in [-0.2, 0) is 6.42 Å². The Morgan fingerprint density at radius 3 is 2.93 bits per heavy atom. The van der Waals surface area contributed by atoms with Crippen molar-refractivity contribution in [3.05, 3.63) is 48.3 Å².